The summed E-state index contributed by atoms with van der Waals surface area (Å²) in [5.41, 5.74) is 3.05. The van der Waals surface area contributed by atoms with E-state index in [0.29, 0.717) is 18.4 Å². The van der Waals surface area contributed by atoms with Crippen molar-refractivity contribution in [1.82, 2.24) is 4.98 Å². The van der Waals surface area contributed by atoms with Crippen molar-refractivity contribution in [2.24, 2.45) is 0 Å². The zero-order valence-electron chi connectivity index (χ0n) is 12.5. The number of carbonyl (C=O) groups excluding carboxylic acids is 1. The summed E-state index contributed by atoms with van der Waals surface area (Å²) in [7, 11) is 0. The van der Waals surface area contributed by atoms with Crippen molar-refractivity contribution >= 4 is 22.6 Å². The number of aromatic amines is 1. The van der Waals surface area contributed by atoms with Crippen LogP contribution in [-0.4, -0.2) is 10.8 Å². The molecule has 1 N–H and O–H groups in total. The van der Waals surface area contributed by atoms with Gasteiger partial charge in [-0.05, 0) is 41.3 Å². The molecule has 0 fully saturated rings. The van der Waals surface area contributed by atoms with Gasteiger partial charge in [-0.3, -0.25) is 9.59 Å². The van der Waals surface area contributed by atoms with E-state index >= 15 is 0 Å². The van der Waals surface area contributed by atoms with Crippen molar-refractivity contribution in [3.8, 4) is 0 Å². The smallest absolute Gasteiger partial charge is 0.248 e. The quantitative estimate of drug-likeness (QED) is 0.696. The Labute approximate surface area is 133 Å². The summed E-state index contributed by atoms with van der Waals surface area (Å²) in [5, 5.41) is 2.30. The van der Waals surface area contributed by atoms with Crippen LogP contribution >= 0.6 is 0 Å². The molecule has 0 aliphatic heterocycles. The third-order valence-electron chi connectivity index (χ3n) is 4.33. The fraction of sp³-hybridized carbons (Fsp3) is 0.100. The summed E-state index contributed by atoms with van der Waals surface area (Å²) in [6.07, 6.45) is 3.32. The normalized spacial score (nSPS) is 15.8. The monoisotopic (exact) mass is 301 g/mol. The Hall–Kier alpha value is -2.94. The van der Waals surface area contributed by atoms with Gasteiger partial charge in [-0.15, -0.1) is 0 Å². The number of Topliss-reactive ketones (excluding diaryl/α,β-unsaturated/α-hetero) is 1. The van der Waals surface area contributed by atoms with Crippen LogP contribution in [0.5, 0.6) is 0 Å². The average Bonchev–Trinajstić information content (AvgIpc) is 2.57. The zero-order chi connectivity index (χ0) is 15.8. The number of aromatic nitrogens is 1. The summed E-state index contributed by atoms with van der Waals surface area (Å²) >= 11 is 0. The molecule has 3 aromatic rings. The van der Waals surface area contributed by atoms with Gasteiger partial charge in [-0.2, -0.15) is 0 Å². The minimum absolute atomic E-state index is 0.00966. The van der Waals surface area contributed by atoms with Crippen LogP contribution in [-0.2, 0) is 6.42 Å². The van der Waals surface area contributed by atoms with E-state index in [2.05, 4.69) is 23.2 Å². The van der Waals surface area contributed by atoms with E-state index in [0.717, 1.165) is 27.6 Å². The molecule has 0 amide bonds. The highest BCUT2D eigenvalue weighted by molar-refractivity contribution is 6.13. The number of allylic oxidation sites excluding steroid dienone is 1. The second-order valence-electron chi connectivity index (χ2n) is 5.78. The van der Waals surface area contributed by atoms with Crippen LogP contribution in [0.2, 0.25) is 0 Å². The largest absolute Gasteiger partial charge is 0.325 e. The molecule has 0 spiro atoms. The van der Waals surface area contributed by atoms with Gasteiger partial charge in [0.25, 0.3) is 0 Å². The maximum atomic E-state index is 12.7. The maximum absolute atomic E-state index is 12.7. The van der Waals surface area contributed by atoms with Gasteiger partial charge in [0, 0.05) is 22.9 Å². The molecule has 0 saturated heterocycles. The van der Waals surface area contributed by atoms with E-state index in [1.54, 1.807) is 6.07 Å². The molecule has 1 heterocycles. The standard InChI is InChI=1S/C20H15NO2/c22-19-11-9-17-18(21-19)10-8-15(20(17)23)12-14-6-3-5-13-4-1-2-7-16(13)14/h1-7,9,11-12H,8,10H2,(H,21,22)/b15-12-. The summed E-state index contributed by atoms with van der Waals surface area (Å²) < 4.78 is 0. The molecule has 3 heteroatoms. The number of rotatable bonds is 1. The molecule has 1 aromatic heterocycles. The molecule has 2 aromatic carbocycles. The molecular formula is C20H15NO2. The van der Waals surface area contributed by atoms with Gasteiger partial charge in [0.1, 0.15) is 0 Å². The van der Waals surface area contributed by atoms with E-state index in [4.69, 9.17) is 0 Å². The average molecular weight is 301 g/mol. The molecule has 1 aliphatic carbocycles. The van der Waals surface area contributed by atoms with Crippen molar-refractivity contribution in [3.63, 3.8) is 0 Å². The number of benzene rings is 2. The van der Waals surface area contributed by atoms with Gasteiger partial charge in [0.2, 0.25) is 5.56 Å². The number of nitrogens with one attached hydrogen (secondary N) is 1. The van der Waals surface area contributed by atoms with Crippen molar-refractivity contribution in [2.75, 3.05) is 0 Å². The van der Waals surface area contributed by atoms with E-state index < -0.39 is 0 Å². The van der Waals surface area contributed by atoms with Crippen molar-refractivity contribution in [1.29, 1.82) is 0 Å². The van der Waals surface area contributed by atoms with E-state index in [1.807, 2.05) is 30.3 Å². The van der Waals surface area contributed by atoms with Crippen LogP contribution in [0, 0.1) is 0 Å². The third-order valence-corrected chi connectivity index (χ3v) is 4.33. The molecule has 23 heavy (non-hydrogen) atoms. The molecule has 0 saturated carbocycles. The van der Waals surface area contributed by atoms with E-state index in [9.17, 15) is 9.59 Å². The van der Waals surface area contributed by atoms with Crippen molar-refractivity contribution in [2.45, 2.75) is 12.8 Å². The molecule has 0 bridgehead atoms. The Morgan fingerprint density at radius 1 is 0.870 bits per heavy atom. The number of carbonyl (C=O) groups is 1. The molecule has 0 radical (unpaired) electrons. The first-order valence-corrected chi connectivity index (χ1v) is 7.67. The summed E-state index contributed by atoms with van der Waals surface area (Å²) in [6, 6.07) is 17.3. The highest BCUT2D eigenvalue weighted by atomic mass is 16.1. The first-order valence-electron chi connectivity index (χ1n) is 7.67. The predicted octanol–water partition coefficient (Wildman–Crippen LogP) is 3.74. The number of aryl methyl sites for hydroxylation is 1. The molecule has 0 atom stereocenters. The number of H-pyrrole nitrogens is 1. The van der Waals surface area contributed by atoms with Crippen LogP contribution in [0.4, 0.5) is 0 Å². The lowest BCUT2D eigenvalue weighted by Crippen LogP contribution is -2.19. The van der Waals surface area contributed by atoms with Gasteiger partial charge in [-0.25, -0.2) is 0 Å². The fourth-order valence-electron chi connectivity index (χ4n) is 3.18. The SMILES string of the molecule is O=C1/C(=C\c2cccc3ccccc23)CCc2[nH]c(=O)ccc21. The van der Waals surface area contributed by atoms with Gasteiger partial charge < -0.3 is 4.98 Å². The van der Waals surface area contributed by atoms with Crippen LogP contribution < -0.4 is 5.56 Å². The summed E-state index contributed by atoms with van der Waals surface area (Å²) in [6.45, 7) is 0. The Balaban J connectivity index is 1.81. The van der Waals surface area contributed by atoms with Gasteiger partial charge in [0.15, 0.2) is 5.78 Å². The van der Waals surface area contributed by atoms with Gasteiger partial charge in [-0.1, -0.05) is 42.5 Å². The summed E-state index contributed by atoms with van der Waals surface area (Å²) in [4.78, 5) is 26.8. The molecular weight excluding hydrogens is 286 g/mol. The first kappa shape index (κ1) is 13.7. The number of pyridine rings is 1. The van der Waals surface area contributed by atoms with Crippen molar-refractivity contribution in [3.05, 3.63) is 87.3 Å². The van der Waals surface area contributed by atoms with Crippen LogP contribution in [0.1, 0.15) is 28.0 Å². The third kappa shape index (κ3) is 2.40. The number of hydrogen-bond acceptors (Lipinski definition) is 2. The molecule has 4 rings (SSSR count). The van der Waals surface area contributed by atoms with E-state index in [-0.39, 0.29) is 11.3 Å². The molecule has 112 valence electrons. The maximum Gasteiger partial charge on any atom is 0.248 e. The fourth-order valence-corrected chi connectivity index (χ4v) is 3.18. The number of hydrogen-bond donors (Lipinski definition) is 1. The Kier molecular flexibility index (Phi) is 3.19. The topological polar surface area (TPSA) is 49.9 Å². The minimum Gasteiger partial charge on any atom is -0.325 e. The number of ketones is 1. The van der Waals surface area contributed by atoms with Crippen LogP contribution in [0.15, 0.2) is 65.0 Å². The van der Waals surface area contributed by atoms with E-state index in [1.165, 1.54) is 6.07 Å². The summed E-state index contributed by atoms with van der Waals surface area (Å²) in [5.74, 6) is 0.00966. The highest BCUT2D eigenvalue weighted by Crippen LogP contribution is 2.27. The lowest BCUT2D eigenvalue weighted by molar-refractivity contribution is 0.102. The predicted molar refractivity (Wildman–Crippen MR) is 91.6 cm³/mol. The lowest BCUT2D eigenvalue weighted by atomic mass is 9.88. The Morgan fingerprint density at radius 3 is 2.61 bits per heavy atom. The Bertz CT molecular complexity index is 1010. The second-order valence-corrected chi connectivity index (χ2v) is 5.78. The number of fused-ring (bicyclic) bond motifs is 2. The highest BCUT2D eigenvalue weighted by Gasteiger charge is 2.22. The zero-order valence-corrected chi connectivity index (χ0v) is 12.5. The van der Waals surface area contributed by atoms with Gasteiger partial charge >= 0.3 is 0 Å². The molecule has 3 nitrogen and oxygen atoms in total. The minimum atomic E-state index is -0.155. The van der Waals surface area contributed by atoms with Crippen LogP contribution in [0.25, 0.3) is 16.8 Å². The van der Waals surface area contributed by atoms with Gasteiger partial charge in [0.05, 0.1) is 0 Å². The Morgan fingerprint density at radius 2 is 1.70 bits per heavy atom. The first-order chi connectivity index (χ1) is 11.2. The van der Waals surface area contributed by atoms with Crippen LogP contribution in [0.3, 0.4) is 0 Å². The molecule has 0 unspecified atom stereocenters. The molecule has 1 aliphatic rings. The van der Waals surface area contributed by atoms with Crippen molar-refractivity contribution < 1.29 is 4.79 Å². The lowest BCUT2D eigenvalue weighted by Gasteiger charge is -2.17. The second kappa shape index (κ2) is 5.36.